The number of alkyl halides is 1. The zero-order valence-electron chi connectivity index (χ0n) is 13.5. The quantitative estimate of drug-likeness (QED) is 0.343. The average Bonchev–Trinajstić information content (AvgIpc) is 2.60. The van der Waals surface area contributed by atoms with Gasteiger partial charge in [-0.3, -0.25) is 0 Å². The maximum absolute atomic E-state index is 5.91. The Morgan fingerprint density at radius 2 is 1.78 bits per heavy atom. The minimum atomic E-state index is 0.252. The first-order valence-electron chi connectivity index (χ1n) is 7.81. The van der Waals surface area contributed by atoms with Gasteiger partial charge in [-0.05, 0) is 48.6 Å². The van der Waals surface area contributed by atoms with E-state index in [1.165, 1.54) is 5.56 Å². The van der Waals surface area contributed by atoms with E-state index >= 15 is 0 Å². The zero-order valence-corrected chi connectivity index (χ0v) is 15.1. The molecule has 0 spiro atoms. The Bertz CT molecular complexity index is 572. The van der Waals surface area contributed by atoms with Crippen molar-refractivity contribution in [3.63, 3.8) is 0 Å². The summed E-state index contributed by atoms with van der Waals surface area (Å²) >= 11 is 3.43. The Labute approximate surface area is 146 Å². The first-order valence-corrected chi connectivity index (χ1v) is 8.93. The topological polar surface area (TPSA) is 27.7 Å². The highest BCUT2D eigenvalue weighted by atomic mass is 79.9. The van der Waals surface area contributed by atoms with Crippen molar-refractivity contribution in [2.24, 2.45) is 0 Å². The molecule has 2 aromatic rings. The van der Waals surface area contributed by atoms with Crippen molar-refractivity contribution < 1.29 is 14.2 Å². The second kappa shape index (κ2) is 10.3. The van der Waals surface area contributed by atoms with E-state index < -0.39 is 0 Å². The number of benzene rings is 2. The Kier molecular flexibility index (Phi) is 7.98. The Hall–Kier alpha value is -1.52. The van der Waals surface area contributed by atoms with E-state index in [0.29, 0.717) is 6.61 Å². The van der Waals surface area contributed by atoms with Crippen LogP contribution in [0, 0.1) is 0 Å². The Morgan fingerprint density at radius 1 is 0.957 bits per heavy atom. The molecule has 0 amide bonds. The number of aryl methyl sites for hydroxylation is 2. The summed E-state index contributed by atoms with van der Waals surface area (Å²) in [6.45, 7) is 0.962. The van der Waals surface area contributed by atoms with Crippen LogP contribution in [0.3, 0.4) is 0 Å². The number of ether oxygens (including phenoxy) is 3. The summed E-state index contributed by atoms with van der Waals surface area (Å²) in [4.78, 5) is 0. The molecule has 0 unspecified atom stereocenters. The van der Waals surface area contributed by atoms with Crippen molar-refractivity contribution in [2.75, 3.05) is 25.8 Å². The molecule has 2 aromatic carbocycles. The first-order chi connectivity index (χ1) is 11.3. The van der Waals surface area contributed by atoms with Crippen molar-refractivity contribution in [2.45, 2.75) is 19.3 Å². The van der Waals surface area contributed by atoms with Gasteiger partial charge in [0.15, 0.2) is 6.79 Å². The highest BCUT2D eigenvalue weighted by Gasteiger charge is 2.07. The largest absolute Gasteiger partial charge is 0.493 e. The summed E-state index contributed by atoms with van der Waals surface area (Å²) in [5, 5.41) is 0.946. The molecule has 0 aliphatic carbocycles. The van der Waals surface area contributed by atoms with Gasteiger partial charge in [-0.25, -0.2) is 0 Å². The third-order valence-corrected chi connectivity index (χ3v) is 4.00. The number of halogens is 1. The summed E-state index contributed by atoms with van der Waals surface area (Å²) in [5.74, 6) is 1.74. The van der Waals surface area contributed by atoms with Crippen LogP contribution in [-0.4, -0.2) is 25.8 Å². The highest BCUT2D eigenvalue weighted by molar-refractivity contribution is 9.09. The third kappa shape index (κ3) is 6.24. The van der Waals surface area contributed by atoms with Crippen molar-refractivity contribution in [1.29, 1.82) is 0 Å². The number of hydrogen-bond acceptors (Lipinski definition) is 3. The van der Waals surface area contributed by atoms with Gasteiger partial charge >= 0.3 is 0 Å². The molecule has 0 heterocycles. The molecule has 0 atom stereocenters. The van der Waals surface area contributed by atoms with Crippen LogP contribution in [0.1, 0.15) is 17.5 Å². The molecule has 124 valence electrons. The van der Waals surface area contributed by atoms with Crippen molar-refractivity contribution in [1.82, 2.24) is 0 Å². The molecule has 0 bridgehead atoms. The SMILES string of the molecule is COCOc1ccc(OCCCBr)c(CCc2ccccc2)c1. The molecular formula is C19H23BrO3. The lowest BCUT2D eigenvalue weighted by Crippen LogP contribution is -2.04. The minimum absolute atomic E-state index is 0.252. The van der Waals surface area contributed by atoms with Crippen LogP contribution >= 0.6 is 15.9 Å². The summed E-state index contributed by atoms with van der Waals surface area (Å²) < 4.78 is 16.4. The first kappa shape index (κ1) is 17.8. The zero-order chi connectivity index (χ0) is 16.3. The molecule has 0 N–H and O–H groups in total. The van der Waals surface area contributed by atoms with E-state index in [0.717, 1.165) is 41.7 Å². The van der Waals surface area contributed by atoms with Gasteiger partial charge in [0, 0.05) is 12.4 Å². The summed E-state index contributed by atoms with van der Waals surface area (Å²) in [6.07, 6.45) is 2.88. The van der Waals surface area contributed by atoms with E-state index in [4.69, 9.17) is 14.2 Å². The molecular weight excluding hydrogens is 356 g/mol. The average molecular weight is 379 g/mol. The molecule has 0 radical (unpaired) electrons. The van der Waals surface area contributed by atoms with Gasteiger partial charge in [-0.2, -0.15) is 0 Å². The van der Waals surface area contributed by atoms with Gasteiger partial charge in [-0.15, -0.1) is 0 Å². The molecule has 23 heavy (non-hydrogen) atoms. The number of rotatable bonds is 10. The number of hydrogen-bond donors (Lipinski definition) is 0. The summed E-state index contributed by atoms with van der Waals surface area (Å²) in [6, 6.07) is 16.4. The summed E-state index contributed by atoms with van der Waals surface area (Å²) in [7, 11) is 1.62. The predicted octanol–water partition coefficient (Wildman–Crippen LogP) is 4.62. The van der Waals surface area contributed by atoms with Crippen molar-refractivity contribution in [3.8, 4) is 11.5 Å². The van der Waals surface area contributed by atoms with Crippen molar-refractivity contribution >= 4 is 15.9 Å². The molecule has 0 saturated heterocycles. The van der Waals surface area contributed by atoms with Gasteiger partial charge in [0.25, 0.3) is 0 Å². The fourth-order valence-corrected chi connectivity index (χ4v) is 2.50. The second-order valence-corrected chi connectivity index (χ2v) is 5.99. The normalized spacial score (nSPS) is 10.5. The van der Waals surface area contributed by atoms with Crippen LogP contribution < -0.4 is 9.47 Å². The lowest BCUT2D eigenvalue weighted by molar-refractivity contribution is 0.0510. The Morgan fingerprint density at radius 3 is 2.52 bits per heavy atom. The standard InChI is InChI=1S/C19H23BrO3/c1-21-15-23-18-10-11-19(22-13-5-12-20)17(14-18)9-8-16-6-3-2-4-7-16/h2-4,6-7,10-11,14H,5,8-9,12-13,15H2,1H3. The molecule has 0 aliphatic rings. The van der Waals surface area contributed by atoms with Gasteiger partial charge in [0.2, 0.25) is 0 Å². The lowest BCUT2D eigenvalue weighted by atomic mass is 10.0. The van der Waals surface area contributed by atoms with E-state index in [-0.39, 0.29) is 6.79 Å². The van der Waals surface area contributed by atoms with Crippen LogP contribution in [0.2, 0.25) is 0 Å². The molecule has 0 fully saturated rings. The fraction of sp³-hybridized carbons (Fsp3) is 0.368. The predicted molar refractivity (Wildman–Crippen MR) is 96.7 cm³/mol. The Balaban J connectivity index is 2.07. The van der Waals surface area contributed by atoms with Gasteiger partial charge in [0.05, 0.1) is 6.61 Å². The minimum Gasteiger partial charge on any atom is -0.493 e. The van der Waals surface area contributed by atoms with Crippen molar-refractivity contribution in [3.05, 3.63) is 59.7 Å². The fourth-order valence-electron chi connectivity index (χ4n) is 2.27. The van der Waals surface area contributed by atoms with E-state index in [1.54, 1.807) is 7.11 Å². The van der Waals surface area contributed by atoms with Gasteiger partial charge in [0.1, 0.15) is 11.5 Å². The van der Waals surface area contributed by atoms with Crippen LogP contribution in [-0.2, 0) is 17.6 Å². The second-order valence-electron chi connectivity index (χ2n) is 5.20. The molecule has 2 rings (SSSR count). The molecule has 4 heteroatoms. The molecule has 0 aromatic heterocycles. The van der Waals surface area contributed by atoms with E-state index in [9.17, 15) is 0 Å². The maximum Gasteiger partial charge on any atom is 0.188 e. The van der Waals surface area contributed by atoms with Crippen LogP contribution in [0.15, 0.2) is 48.5 Å². The molecule has 0 saturated carbocycles. The smallest absolute Gasteiger partial charge is 0.188 e. The lowest BCUT2D eigenvalue weighted by Gasteiger charge is -2.13. The molecule has 3 nitrogen and oxygen atoms in total. The van der Waals surface area contributed by atoms with Gasteiger partial charge in [-0.1, -0.05) is 46.3 Å². The highest BCUT2D eigenvalue weighted by Crippen LogP contribution is 2.26. The monoisotopic (exact) mass is 378 g/mol. The van der Waals surface area contributed by atoms with Crippen LogP contribution in [0.25, 0.3) is 0 Å². The van der Waals surface area contributed by atoms with E-state index in [1.807, 2.05) is 24.3 Å². The van der Waals surface area contributed by atoms with Crippen LogP contribution in [0.5, 0.6) is 11.5 Å². The van der Waals surface area contributed by atoms with Gasteiger partial charge < -0.3 is 14.2 Å². The van der Waals surface area contributed by atoms with E-state index in [2.05, 4.69) is 40.2 Å². The van der Waals surface area contributed by atoms with Crippen LogP contribution in [0.4, 0.5) is 0 Å². The maximum atomic E-state index is 5.91. The number of methoxy groups -OCH3 is 1. The third-order valence-electron chi connectivity index (χ3n) is 3.44. The molecule has 0 aliphatic heterocycles. The summed E-state index contributed by atoms with van der Waals surface area (Å²) in [5.41, 5.74) is 2.49.